The summed E-state index contributed by atoms with van der Waals surface area (Å²) in [7, 11) is 0. The molecule has 29 heavy (non-hydrogen) atoms. The number of aliphatic hydroxyl groups is 1. The van der Waals surface area contributed by atoms with Gasteiger partial charge < -0.3 is 15.5 Å². The summed E-state index contributed by atoms with van der Waals surface area (Å²) < 4.78 is 4.34. The second kappa shape index (κ2) is 7.18. The number of hydrogen-bond donors (Lipinski definition) is 3. The molecule has 2 aromatic heterocycles. The van der Waals surface area contributed by atoms with Crippen molar-refractivity contribution in [3.63, 3.8) is 0 Å². The van der Waals surface area contributed by atoms with Crippen LogP contribution in [0.5, 0.6) is 0 Å². The summed E-state index contributed by atoms with van der Waals surface area (Å²) in [5, 5.41) is 26.0. The van der Waals surface area contributed by atoms with Crippen molar-refractivity contribution in [2.45, 2.75) is 64.5 Å². The Kier molecular flexibility index (Phi) is 4.75. The first kappa shape index (κ1) is 19.2. The number of thiophene rings is 1. The molecule has 0 aromatic carbocycles. The van der Waals surface area contributed by atoms with Gasteiger partial charge in [-0.1, -0.05) is 0 Å². The van der Waals surface area contributed by atoms with E-state index in [1.165, 1.54) is 34.8 Å². The fraction of sp³-hybridized carbons (Fsp3) is 0.571. The summed E-state index contributed by atoms with van der Waals surface area (Å²) in [6, 6.07) is 0. The summed E-state index contributed by atoms with van der Waals surface area (Å²) in [4.78, 5) is 17.9. The molecule has 8 heteroatoms. The Hall–Kier alpha value is -1.77. The van der Waals surface area contributed by atoms with Gasteiger partial charge in [0.15, 0.2) is 0 Å². The van der Waals surface area contributed by atoms with Gasteiger partial charge in [0.05, 0.1) is 0 Å². The van der Waals surface area contributed by atoms with Gasteiger partial charge in [0.25, 0.3) is 0 Å². The Morgan fingerprint density at radius 3 is 2.34 bits per heavy atom. The Morgan fingerprint density at radius 1 is 1.10 bits per heavy atom. The summed E-state index contributed by atoms with van der Waals surface area (Å²) in [5.41, 5.74) is 3.36. The predicted octanol–water partition coefficient (Wildman–Crippen LogP) is 4.69. The topological polar surface area (TPSA) is 95.3 Å². The maximum absolute atomic E-state index is 11.9. The molecule has 4 aliphatic carbocycles. The normalized spacial score (nSPS) is 24.8. The Balaban J connectivity index is 1.54. The molecule has 2 saturated carbocycles. The SMILES string of the molecule is Cc1nsc(-c2c(NC(O)C3=C(C(=O)O)C4CCC3CC4)sc(C3CC3)c2C)n1. The first-order chi connectivity index (χ1) is 13.9. The van der Waals surface area contributed by atoms with Crippen molar-refractivity contribution in [3.8, 4) is 10.6 Å². The molecular formula is C21H25N3O3S2. The molecule has 0 spiro atoms. The summed E-state index contributed by atoms with van der Waals surface area (Å²) >= 11 is 3.06. The number of carboxylic acids is 1. The summed E-state index contributed by atoms with van der Waals surface area (Å²) in [5.74, 6) is 0.692. The Bertz CT molecular complexity index is 997. The molecular weight excluding hydrogens is 406 g/mol. The zero-order chi connectivity index (χ0) is 20.3. The van der Waals surface area contributed by atoms with E-state index in [1.54, 1.807) is 11.3 Å². The highest BCUT2D eigenvalue weighted by Gasteiger charge is 2.41. The molecule has 2 aromatic rings. The molecule has 0 saturated heterocycles. The molecule has 2 fully saturated rings. The molecule has 0 aliphatic heterocycles. The smallest absolute Gasteiger partial charge is 0.331 e. The monoisotopic (exact) mass is 431 g/mol. The van der Waals surface area contributed by atoms with Gasteiger partial charge in [-0.2, -0.15) is 4.37 Å². The van der Waals surface area contributed by atoms with Crippen LogP contribution in [0.3, 0.4) is 0 Å². The lowest BCUT2D eigenvalue weighted by atomic mass is 9.66. The van der Waals surface area contributed by atoms with Crippen molar-refractivity contribution < 1.29 is 15.0 Å². The van der Waals surface area contributed by atoms with Crippen molar-refractivity contribution in [2.75, 3.05) is 5.32 Å². The van der Waals surface area contributed by atoms with E-state index in [2.05, 4.69) is 21.6 Å². The van der Waals surface area contributed by atoms with Crippen LogP contribution < -0.4 is 5.32 Å². The van der Waals surface area contributed by atoms with E-state index >= 15 is 0 Å². The van der Waals surface area contributed by atoms with E-state index in [0.717, 1.165) is 47.1 Å². The number of hydrogen-bond acceptors (Lipinski definition) is 7. The van der Waals surface area contributed by atoms with Gasteiger partial charge >= 0.3 is 5.97 Å². The zero-order valence-electron chi connectivity index (χ0n) is 16.6. The number of anilines is 1. The Labute approximate surface area is 177 Å². The van der Waals surface area contributed by atoms with Gasteiger partial charge in [0.2, 0.25) is 0 Å². The number of fused-ring (bicyclic) bond motifs is 2. The molecule has 0 radical (unpaired) electrons. The summed E-state index contributed by atoms with van der Waals surface area (Å²) in [6.45, 7) is 4.01. The van der Waals surface area contributed by atoms with Crippen LogP contribution in [0.25, 0.3) is 10.6 Å². The molecule has 1 atom stereocenters. The minimum Gasteiger partial charge on any atom is -0.478 e. The van der Waals surface area contributed by atoms with E-state index in [0.29, 0.717) is 17.1 Å². The highest BCUT2D eigenvalue weighted by atomic mass is 32.1. The maximum Gasteiger partial charge on any atom is 0.331 e. The van der Waals surface area contributed by atoms with Crippen LogP contribution in [-0.4, -0.2) is 31.8 Å². The van der Waals surface area contributed by atoms with E-state index in [1.807, 2.05) is 6.92 Å². The lowest BCUT2D eigenvalue weighted by Crippen LogP contribution is -2.37. The minimum absolute atomic E-state index is 0.0707. The molecule has 0 amide bonds. The average Bonchev–Trinajstić information content (AvgIpc) is 3.38. The molecule has 1 unspecified atom stereocenters. The third kappa shape index (κ3) is 3.31. The maximum atomic E-state index is 11.9. The van der Waals surface area contributed by atoms with E-state index in [4.69, 9.17) is 0 Å². The number of aliphatic hydroxyl groups excluding tert-OH is 1. The van der Waals surface area contributed by atoms with Crippen LogP contribution in [-0.2, 0) is 4.79 Å². The van der Waals surface area contributed by atoms with E-state index in [-0.39, 0.29) is 11.8 Å². The fourth-order valence-electron chi connectivity index (χ4n) is 5.04. The van der Waals surface area contributed by atoms with E-state index < -0.39 is 12.2 Å². The predicted molar refractivity (Wildman–Crippen MR) is 114 cm³/mol. The van der Waals surface area contributed by atoms with Gasteiger partial charge in [-0.3, -0.25) is 0 Å². The first-order valence-electron chi connectivity index (χ1n) is 10.3. The van der Waals surface area contributed by atoms with Crippen LogP contribution in [0, 0.1) is 25.7 Å². The van der Waals surface area contributed by atoms with Crippen LogP contribution in [0.4, 0.5) is 5.00 Å². The number of carboxylic acid groups (broad SMARTS) is 1. The highest BCUT2D eigenvalue weighted by Crippen LogP contribution is 2.52. The largest absolute Gasteiger partial charge is 0.478 e. The number of aryl methyl sites for hydroxylation is 1. The summed E-state index contributed by atoms with van der Waals surface area (Å²) in [6.07, 6.45) is 5.20. The highest BCUT2D eigenvalue weighted by molar-refractivity contribution is 7.18. The van der Waals surface area contributed by atoms with Crippen molar-refractivity contribution in [2.24, 2.45) is 11.8 Å². The van der Waals surface area contributed by atoms with Crippen LogP contribution in [0.1, 0.15) is 60.7 Å². The number of rotatable bonds is 6. The quantitative estimate of drug-likeness (QED) is 0.574. The molecule has 3 N–H and O–H groups in total. The fourth-order valence-corrected chi connectivity index (χ4v) is 7.29. The van der Waals surface area contributed by atoms with E-state index in [9.17, 15) is 15.0 Å². The molecule has 2 heterocycles. The second-order valence-corrected chi connectivity index (χ2v) is 10.3. The zero-order valence-corrected chi connectivity index (χ0v) is 18.2. The van der Waals surface area contributed by atoms with Crippen molar-refractivity contribution >= 4 is 33.8 Å². The van der Waals surface area contributed by atoms with Crippen molar-refractivity contribution in [3.05, 3.63) is 27.4 Å². The lowest BCUT2D eigenvalue weighted by Gasteiger charge is -2.40. The second-order valence-electron chi connectivity index (χ2n) is 8.49. The molecule has 6 rings (SSSR count). The average molecular weight is 432 g/mol. The lowest BCUT2D eigenvalue weighted by molar-refractivity contribution is -0.134. The van der Waals surface area contributed by atoms with Gasteiger partial charge in [0.1, 0.15) is 22.1 Å². The molecule has 6 nitrogen and oxygen atoms in total. The number of nitrogens with one attached hydrogen (secondary N) is 1. The van der Waals surface area contributed by atoms with Crippen molar-refractivity contribution in [1.29, 1.82) is 0 Å². The first-order valence-corrected chi connectivity index (χ1v) is 11.9. The molecule has 154 valence electrons. The van der Waals surface area contributed by atoms with Crippen LogP contribution in [0.15, 0.2) is 11.1 Å². The minimum atomic E-state index is -0.980. The Morgan fingerprint density at radius 2 is 1.76 bits per heavy atom. The van der Waals surface area contributed by atoms with Crippen LogP contribution >= 0.6 is 22.9 Å². The third-order valence-corrected chi connectivity index (χ3v) is 8.76. The standard InChI is InChI=1S/C21H25N3O3S2/c1-9-14(20-22-10(2)24-29-20)19(28-17(9)13-7-8-13)23-18(25)15-11-3-5-12(6-4-11)16(15)21(26)27/h11-13,18,23,25H,3-8H2,1-2H3,(H,26,27). The van der Waals surface area contributed by atoms with Gasteiger partial charge in [-0.15, -0.1) is 11.3 Å². The van der Waals surface area contributed by atoms with Crippen LogP contribution in [0.2, 0.25) is 0 Å². The molecule has 2 bridgehead atoms. The van der Waals surface area contributed by atoms with Crippen molar-refractivity contribution in [1.82, 2.24) is 9.36 Å². The van der Waals surface area contributed by atoms with Gasteiger partial charge in [0, 0.05) is 16.0 Å². The number of carbonyl (C=O) groups is 1. The third-order valence-electron chi connectivity index (χ3n) is 6.55. The van der Waals surface area contributed by atoms with Gasteiger partial charge in [-0.05, 0) is 92.8 Å². The molecule has 4 aliphatic rings. The number of nitrogens with zero attached hydrogens (tertiary/aromatic N) is 2. The number of aliphatic carboxylic acids is 1. The number of aromatic nitrogens is 2. The van der Waals surface area contributed by atoms with Gasteiger partial charge in [-0.25, -0.2) is 9.78 Å².